The molecule has 0 saturated heterocycles. The molecule has 0 amide bonds. The molecule has 0 aliphatic carbocycles. The summed E-state index contributed by atoms with van der Waals surface area (Å²) in [5.74, 6) is 1.02. The van der Waals surface area contributed by atoms with Crippen LogP contribution in [-0.4, -0.2) is 27.4 Å². The molecule has 0 saturated carbocycles. The lowest BCUT2D eigenvalue weighted by Crippen LogP contribution is -2.32. The highest BCUT2D eigenvalue weighted by atomic mass is 15.3. The number of rotatable bonds is 7. The normalized spacial score (nSPS) is 12.7. The van der Waals surface area contributed by atoms with Crippen LogP contribution in [0.3, 0.4) is 0 Å². The Labute approximate surface area is 91.4 Å². The Morgan fingerprint density at radius 1 is 1.67 bits per heavy atom. The van der Waals surface area contributed by atoms with Gasteiger partial charge in [-0.15, -0.1) is 6.58 Å². The van der Waals surface area contributed by atoms with Gasteiger partial charge in [-0.25, -0.2) is 4.98 Å². The number of aromatic nitrogens is 3. The summed E-state index contributed by atoms with van der Waals surface area (Å²) in [4.78, 5) is 4.22. The average molecular weight is 208 g/mol. The zero-order valence-electron chi connectivity index (χ0n) is 9.61. The molecule has 4 heteroatoms. The fourth-order valence-electron chi connectivity index (χ4n) is 1.51. The summed E-state index contributed by atoms with van der Waals surface area (Å²) in [6.07, 6.45) is 6.56. The lowest BCUT2D eigenvalue weighted by molar-refractivity contribution is 0.492. The van der Waals surface area contributed by atoms with E-state index in [1.807, 2.05) is 17.8 Å². The van der Waals surface area contributed by atoms with Crippen molar-refractivity contribution >= 4 is 0 Å². The molecule has 0 aromatic carbocycles. The number of hydrogen-bond acceptors (Lipinski definition) is 3. The number of aryl methyl sites for hydroxylation is 1. The third-order valence-electron chi connectivity index (χ3n) is 2.37. The summed E-state index contributed by atoms with van der Waals surface area (Å²) in [6.45, 7) is 6.98. The van der Waals surface area contributed by atoms with Gasteiger partial charge in [0.25, 0.3) is 0 Å². The van der Waals surface area contributed by atoms with Crippen molar-refractivity contribution in [1.29, 1.82) is 0 Å². The van der Waals surface area contributed by atoms with Gasteiger partial charge < -0.3 is 5.32 Å². The van der Waals surface area contributed by atoms with E-state index in [1.54, 1.807) is 6.33 Å². The zero-order valence-corrected chi connectivity index (χ0v) is 9.61. The molecule has 4 nitrogen and oxygen atoms in total. The summed E-state index contributed by atoms with van der Waals surface area (Å²) >= 11 is 0. The van der Waals surface area contributed by atoms with E-state index >= 15 is 0 Å². The first-order valence-corrected chi connectivity index (χ1v) is 5.45. The molecule has 0 fully saturated rings. The first kappa shape index (κ1) is 11.9. The molecule has 0 aliphatic rings. The van der Waals surface area contributed by atoms with Crippen molar-refractivity contribution in [2.24, 2.45) is 7.05 Å². The highest BCUT2D eigenvalue weighted by Gasteiger charge is 2.10. The van der Waals surface area contributed by atoms with Crippen molar-refractivity contribution in [3.8, 4) is 0 Å². The Bertz CT molecular complexity index is 293. The molecule has 1 heterocycles. The quantitative estimate of drug-likeness (QED) is 0.687. The Balaban J connectivity index is 2.50. The van der Waals surface area contributed by atoms with Crippen LogP contribution in [-0.2, 0) is 13.5 Å². The monoisotopic (exact) mass is 208 g/mol. The van der Waals surface area contributed by atoms with Gasteiger partial charge in [0.05, 0.1) is 0 Å². The molecule has 0 spiro atoms. The van der Waals surface area contributed by atoms with Crippen molar-refractivity contribution in [3.63, 3.8) is 0 Å². The maximum atomic E-state index is 4.22. The van der Waals surface area contributed by atoms with Gasteiger partial charge in [-0.2, -0.15) is 5.10 Å². The highest BCUT2D eigenvalue weighted by Crippen LogP contribution is 2.02. The summed E-state index contributed by atoms with van der Waals surface area (Å²) in [7, 11) is 1.92. The van der Waals surface area contributed by atoms with Crippen molar-refractivity contribution in [2.45, 2.75) is 32.2 Å². The molecule has 15 heavy (non-hydrogen) atoms. The van der Waals surface area contributed by atoms with Crippen LogP contribution in [0.1, 0.15) is 25.6 Å². The van der Waals surface area contributed by atoms with Crippen molar-refractivity contribution in [1.82, 2.24) is 20.1 Å². The Hall–Kier alpha value is -1.16. The average Bonchev–Trinajstić information content (AvgIpc) is 2.61. The molecular formula is C11H20N4. The Morgan fingerprint density at radius 2 is 2.47 bits per heavy atom. The van der Waals surface area contributed by atoms with E-state index in [0.717, 1.165) is 31.6 Å². The molecule has 1 atom stereocenters. The second kappa shape index (κ2) is 6.35. The molecule has 1 rings (SSSR count). The minimum absolute atomic E-state index is 0.422. The van der Waals surface area contributed by atoms with E-state index in [2.05, 4.69) is 28.9 Å². The van der Waals surface area contributed by atoms with Crippen molar-refractivity contribution in [2.75, 3.05) is 6.54 Å². The topological polar surface area (TPSA) is 42.7 Å². The molecule has 1 N–H and O–H groups in total. The molecule has 1 unspecified atom stereocenters. The van der Waals surface area contributed by atoms with Crippen molar-refractivity contribution < 1.29 is 0 Å². The van der Waals surface area contributed by atoms with Gasteiger partial charge in [0.2, 0.25) is 0 Å². The third kappa shape index (κ3) is 3.83. The van der Waals surface area contributed by atoms with Gasteiger partial charge >= 0.3 is 0 Å². The zero-order chi connectivity index (χ0) is 11.1. The Morgan fingerprint density at radius 3 is 3.00 bits per heavy atom. The molecule has 84 valence electrons. The maximum absolute atomic E-state index is 4.22. The molecular weight excluding hydrogens is 188 g/mol. The van der Waals surface area contributed by atoms with E-state index in [0.29, 0.717) is 6.04 Å². The smallest absolute Gasteiger partial charge is 0.138 e. The predicted molar refractivity (Wildman–Crippen MR) is 61.6 cm³/mol. The Kier molecular flexibility index (Phi) is 5.04. The van der Waals surface area contributed by atoms with Gasteiger partial charge in [-0.3, -0.25) is 4.68 Å². The van der Waals surface area contributed by atoms with Crippen LogP contribution in [0.25, 0.3) is 0 Å². The summed E-state index contributed by atoms with van der Waals surface area (Å²) < 4.78 is 1.82. The molecule has 0 radical (unpaired) electrons. The van der Waals surface area contributed by atoms with E-state index in [-0.39, 0.29) is 0 Å². The highest BCUT2D eigenvalue weighted by molar-refractivity contribution is 4.91. The van der Waals surface area contributed by atoms with Gasteiger partial charge in [0.15, 0.2) is 0 Å². The minimum atomic E-state index is 0.422. The molecule has 1 aromatic rings. The van der Waals surface area contributed by atoms with Crippen LogP contribution in [0.15, 0.2) is 19.0 Å². The van der Waals surface area contributed by atoms with Crippen LogP contribution in [0.2, 0.25) is 0 Å². The van der Waals surface area contributed by atoms with Crippen LogP contribution >= 0.6 is 0 Å². The van der Waals surface area contributed by atoms with E-state index < -0.39 is 0 Å². The van der Waals surface area contributed by atoms with Gasteiger partial charge in [-0.05, 0) is 19.4 Å². The molecule has 0 bridgehead atoms. The van der Waals surface area contributed by atoms with E-state index in [9.17, 15) is 0 Å². The molecule has 0 aliphatic heterocycles. The lowest BCUT2D eigenvalue weighted by atomic mass is 10.1. The fourth-order valence-corrected chi connectivity index (χ4v) is 1.51. The SMILES string of the molecule is C=CCC(Cc1ncnn1C)NCCC. The second-order valence-electron chi connectivity index (χ2n) is 3.68. The fraction of sp³-hybridized carbons (Fsp3) is 0.636. The number of nitrogens with one attached hydrogen (secondary N) is 1. The largest absolute Gasteiger partial charge is 0.313 e. The van der Waals surface area contributed by atoms with Crippen LogP contribution in [0.5, 0.6) is 0 Å². The van der Waals surface area contributed by atoms with Crippen LogP contribution < -0.4 is 5.32 Å². The predicted octanol–water partition coefficient (Wildman–Crippen LogP) is 1.30. The van der Waals surface area contributed by atoms with Crippen LogP contribution in [0.4, 0.5) is 0 Å². The van der Waals surface area contributed by atoms with Gasteiger partial charge in [0.1, 0.15) is 12.2 Å². The number of hydrogen-bond donors (Lipinski definition) is 1. The first-order chi connectivity index (χ1) is 7.27. The van der Waals surface area contributed by atoms with Gasteiger partial charge in [0, 0.05) is 19.5 Å². The standard InChI is InChI=1S/C11H20N4/c1-4-6-10(12-7-5-2)8-11-13-9-14-15(11)3/h4,9-10,12H,1,5-8H2,2-3H3. The summed E-state index contributed by atoms with van der Waals surface area (Å²) in [5.41, 5.74) is 0. The van der Waals surface area contributed by atoms with Gasteiger partial charge in [-0.1, -0.05) is 13.0 Å². The van der Waals surface area contributed by atoms with Crippen LogP contribution in [0, 0.1) is 0 Å². The van der Waals surface area contributed by atoms with Crippen molar-refractivity contribution in [3.05, 3.63) is 24.8 Å². The maximum Gasteiger partial charge on any atom is 0.138 e. The first-order valence-electron chi connectivity index (χ1n) is 5.45. The second-order valence-corrected chi connectivity index (χ2v) is 3.68. The molecule has 1 aromatic heterocycles. The number of nitrogens with zero attached hydrogens (tertiary/aromatic N) is 3. The van der Waals surface area contributed by atoms with E-state index in [1.165, 1.54) is 0 Å². The summed E-state index contributed by atoms with van der Waals surface area (Å²) in [6, 6.07) is 0.422. The third-order valence-corrected chi connectivity index (χ3v) is 2.37. The summed E-state index contributed by atoms with van der Waals surface area (Å²) in [5, 5.41) is 7.55. The van der Waals surface area contributed by atoms with E-state index in [4.69, 9.17) is 0 Å². The lowest BCUT2D eigenvalue weighted by Gasteiger charge is -2.15. The minimum Gasteiger partial charge on any atom is -0.313 e.